The topological polar surface area (TPSA) is 49.9 Å². The average Bonchev–Trinajstić information content (AvgIpc) is 2.08. The highest BCUT2D eigenvalue weighted by Crippen LogP contribution is 2.12. The molecule has 0 saturated carbocycles. The molecule has 0 aliphatic heterocycles. The molecule has 1 unspecified atom stereocenters. The van der Waals surface area contributed by atoms with E-state index < -0.39 is 0 Å². The van der Waals surface area contributed by atoms with Crippen molar-refractivity contribution in [1.82, 2.24) is 0 Å². The van der Waals surface area contributed by atoms with Gasteiger partial charge in [0.05, 0.1) is 5.84 Å². The van der Waals surface area contributed by atoms with E-state index in [1.807, 2.05) is 31.2 Å². The molecule has 0 spiro atoms. The largest absolute Gasteiger partial charge is 0.387 e. The summed E-state index contributed by atoms with van der Waals surface area (Å²) in [6.45, 7) is 1.94. The second-order valence-corrected chi connectivity index (χ2v) is 3.62. The Labute approximate surface area is 108 Å². The van der Waals surface area contributed by atoms with Crippen LogP contribution in [0.2, 0.25) is 5.02 Å². The van der Waals surface area contributed by atoms with E-state index in [0.29, 0.717) is 0 Å². The number of nitrogens with two attached hydrogens (primary N) is 1. The summed E-state index contributed by atoms with van der Waals surface area (Å²) in [5.41, 5.74) is 6.53. The fourth-order valence-electron chi connectivity index (χ4n) is 1.08. The highest BCUT2D eigenvalue weighted by molar-refractivity contribution is 6.30. The predicted octanol–water partition coefficient (Wildman–Crippen LogP) is 3.30. The van der Waals surface area contributed by atoms with Gasteiger partial charge in [0.2, 0.25) is 0 Å². The molecule has 0 fully saturated rings. The third kappa shape index (κ3) is 5.88. The summed E-state index contributed by atoms with van der Waals surface area (Å²) in [5.74, 6) is 0.330. The van der Waals surface area contributed by atoms with E-state index in [4.69, 9.17) is 22.7 Å². The molecule has 86 valence electrons. The lowest BCUT2D eigenvalue weighted by Crippen LogP contribution is -2.21. The van der Waals surface area contributed by atoms with E-state index in [1.54, 1.807) is 0 Å². The number of nitrogens with one attached hydrogen (secondary N) is 1. The molecule has 0 aliphatic rings. The highest BCUT2D eigenvalue weighted by Gasteiger charge is 2.05. The van der Waals surface area contributed by atoms with Gasteiger partial charge in [-0.15, -0.1) is 24.8 Å². The molecule has 1 rings (SSSR count). The molecule has 1 aromatic rings. The summed E-state index contributed by atoms with van der Waals surface area (Å²) >= 11 is 5.74. The van der Waals surface area contributed by atoms with Gasteiger partial charge in [0.25, 0.3) is 0 Å². The molecule has 1 atom stereocenters. The smallest absolute Gasteiger partial charge is 0.0937 e. The molecule has 3 N–H and O–H groups in total. The normalized spacial score (nSPS) is 10.8. The second kappa shape index (κ2) is 7.80. The van der Waals surface area contributed by atoms with Crippen molar-refractivity contribution in [1.29, 1.82) is 5.41 Å². The number of benzene rings is 1. The van der Waals surface area contributed by atoms with Crippen molar-refractivity contribution < 1.29 is 0 Å². The zero-order valence-electron chi connectivity index (χ0n) is 8.37. The SMILES string of the molecule is CC(Cc1ccc(Cl)cc1)C(=N)N.Cl.Cl. The van der Waals surface area contributed by atoms with Crippen LogP contribution < -0.4 is 5.73 Å². The van der Waals surface area contributed by atoms with Gasteiger partial charge in [-0.3, -0.25) is 5.41 Å². The minimum absolute atomic E-state index is 0. The van der Waals surface area contributed by atoms with Gasteiger partial charge in [-0.2, -0.15) is 0 Å². The molecule has 0 aliphatic carbocycles. The summed E-state index contributed by atoms with van der Waals surface area (Å²) in [6.07, 6.45) is 0.798. The molecule has 0 aromatic heterocycles. The highest BCUT2D eigenvalue weighted by atomic mass is 35.5. The van der Waals surface area contributed by atoms with Crippen molar-refractivity contribution in [2.75, 3.05) is 0 Å². The summed E-state index contributed by atoms with van der Waals surface area (Å²) in [7, 11) is 0. The number of rotatable bonds is 3. The minimum Gasteiger partial charge on any atom is -0.387 e. The molecule has 0 heterocycles. The zero-order valence-corrected chi connectivity index (χ0v) is 10.8. The van der Waals surface area contributed by atoms with Crippen molar-refractivity contribution >= 4 is 42.3 Å². The van der Waals surface area contributed by atoms with Gasteiger partial charge in [0.1, 0.15) is 0 Å². The predicted molar refractivity (Wildman–Crippen MR) is 70.7 cm³/mol. The van der Waals surface area contributed by atoms with Crippen LogP contribution in [0.4, 0.5) is 0 Å². The lowest BCUT2D eigenvalue weighted by Gasteiger charge is -2.08. The van der Waals surface area contributed by atoms with E-state index >= 15 is 0 Å². The molecular weight excluding hydrogens is 254 g/mol. The van der Waals surface area contributed by atoms with Crippen molar-refractivity contribution in [3.63, 3.8) is 0 Å². The number of hydrogen-bond acceptors (Lipinski definition) is 1. The van der Waals surface area contributed by atoms with Crippen molar-refractivity contribution in [2.24, 2.45) is 11.7 Å². The summed E-state index contributed by atoms with van der Waals surface area (Å²) in [5, 5.41) is 7.98. The van der Waals surface area contributed by atoms with E-state index in [2.05, 4.69) is 0 Å². The van der Waals surface area contributed by atoms with Crippen molar-refractivity contribution in [2.45, 2.75) is 13.3 Å². The first-order valence-corrected chi connectivity index (χ1v) is 4.55. The van der Waals surface area contributed by atoms with Crippen LogP contribution in [-0.4, -0.2) is 5.84 Å². The van der Waals surface area contributed by atoms with Gasteiger partial charge < -0.3 is 5.73 Å². The number of halogens is 3. The van der Waals surface area contributed by atoms with Crippen LogP contribution in [0.25, 0.3) is 0 Å². The number of amidine groups is 1. The summed E-state index contributed by atoms with van der Waals surface area (Å²) in [6, 6.07) is 7.62. The van der Waals surface area contributed by atoms with Crippen LogP contribution in [0.5, 0.6) is 0 Å². The third-order valence-corrected chi connectivity index (χ3v) is 2.24. The monoisotopic (exact) mass is 268 g/mol. The maximum atomic E-state index is 7.24. The third-order valence-electron chi connectivity index (χ3n) is 1.99. The Bertz CT molecular complexity index is 298. The maximum Gasteiger partial charge on any atom is 0.0937 e. The quantitative estimate of drug-likeness (QED) is 0.642. The maximum absolute atomic E-state index is 7.24. The van der Waals surface area contributed by atoms with Crippen molar-refractivity contribution in [3.05, 3.63) is 34.9 Å². The molecule has 1 aromatic carbocycles. The Hall–Kier alpha value is -0.440. The first kappa shape index (κ1) is 17.0. The molecule has 15 heavy (non-hydrogen) atoms. The Kier molecular flexibility index (Phi) is 8.83. The van der Waals surface area contributed by atoms with Crippen LogP contribution in [0, 0.1) is 11.3 Å². The number of hydrogen-bond donors (Lipinski definition) is 2. The van der Waals surface area contributed by atoms with Gasteiger partial charge in [0, 0.05) is 10.9 Å². The molecule has 0 radical (unpaired) electrons. The van der Waals surface area contributed by atoms with Gasteiger partial charge in [-0.05, 0) is 24.1 Å². The van der Waals surface area contributed by atoms with E-state index in [0.717, 1.165) is 17.0 Å². The molecule has 0 amide bonds. The van der Waals surface area contributed by atoms with Crippen LogP contribution in [0.15, 0.2) is 24.3 Å². The standard InChI is InChI=1S/C10H13ClN2.2ClH/c1-7(10(12)13)6-8-2-4-9(11)5-3-8;;/h2-5,7H,6H2,1H3,(H3,12,13);2*1H. The van der Waals surface area contributed by atoms with Crippen LogP contribution in [-0.2, 0) is 6.42 Å². The van der Waals surface area contributed by atoms with Crippen LogP contribution >= 0.6 is 36.4 Å². The average molecular weight is 270 g/mol. The summed E-state index contributed by atoms with van der Waals surface area (Å²) < 4.78 is 0. The minimum atomic E-state index is 0. The first-order chi connectivity index (χ1) is 6.09. The van der Waals surface area contributed by atoms with Crippen LogP contribution in [0.3, 0.4) is 0 Å². The van der Waals surface area contributed by atoms with Gasteiger partial charge in [-0.1, -0.05) is 30.7 Å². The Morgan fingerprint density at radius 2 is 1.80 bits per heavy atom. The summed E-state index contributed by atoms with van der Waals surface area (Å²) in [4.78, 5) is 0. The molecule has 0 bridgehead atoms. The van der Waals surface area contributed by atoms with E-state index in [1.165, 1.54) is 0 Å². The fraction of sp³-hybridized carbons (Fsp3) is 0.300. The van der Waals surface area contributed by atoms with Crippen molar-refractivity contribution in [3.8, 4) is 0 Å². The molecule has 0 saturated heterocycles. The first-order valence-electron chi connectivity index (χ1n) is 4.18. The lowest BCUT2D eigenvalue weighted by atomic mass is 10.0. The zero-order chi connectivity index (χ0) is 9.84. The van der Waals surface area contributed by atoms with Gasteiger partial charge >= 0.3 is 0 Å². The lowest BCUT2D eigenvalue weighted by molar-refractivity contribution is 0.754. The van der Waals surface area contributed by atoms with Gasteiger partial charge in [-0.25, -0.2) is 0 Å². The Morgan fingerprint density at radius 1 is 1.33 bits per heavy atom. The molecule has 5 heteroatoms. The van der Waals surface area contributed by atoms with E-state index in [-0.39, 0.29) is 36.6 Å². The molecular formula is C10H15Cl3N2. The molecule has 2 nitrogen and oxygen atoms in total. The Balaban J connectivity index is 0. The second-order valence-electron chi connectivity index (χ2n) is 3.19. The van der Waals surface area contributed by atoms with Gasteiger partial charge in [0.15, 0.2) is 0 Å². The Morgan fingerprint density at radius 3 is 2.20 bits per heavy atom. The fourth-order valence-corrected chi connectivity index (χ4v) is 1.21. The van der Waals surface area contributed by atoms with Crippen LogP contribution in [0.1, 0.15) is 12.5 Å². The van der Waals surface area contributed by atoms with E-state index in [9.17, 15) is 0 Å².